The highest BCUT2D eigenvalue weighted by molar-refractivity contribution is 7.99. The van der Waals surface area contributed by atoms with Gasteiger partial charge in [0.05, 0.1) is 0 Å². The standard InChI is InChI=1S/C17H21N5S/c1-11(2)23-15-7-5-14(6-8-15)12(3)18-16-9-10-17-20-19-13(4)22(17)21-16/h5-12H,1-4H3,(H,18,21). The molecule has 0 bridgehead atoms. The molecule has 1 aromatic carbocycles. The number of fused-ring (bicyclic) bond motifs is 1. The average molecular weight is 327 g/mol. The maximum absolute atomic E-state index is 4.53. The van der Waals surface area contributed by atoms with Crippen molar-refractivity contribution in [2.24, 2.45) is 0 Å². The van der Waals surface area contributed by atoms with Crippen LogP contribution in [-0.2, 0) is 0 Å². The van der Waals surface area contributed by atoms with Crippen molar-refractivity contribution >= 4 is 23.2 Å². The number of nitrogens with one attached hydrogen (secondary N) is 1. The summed E-state index contributed by atoms with van der Waals surface area (Å²) in [5.74, 6) is 1.60. The molecule has 0 saturated carbocycles. The third kappa shape index (κ3) is 3.64. The lowest BCUT2D eigenvalue weighted by Crippen LogP contribution is -2.09. The van der Waals surface area contributed by atoms with Gasteiger partial charge in [0.15, 0.2) is 11.5 Å². The SMILES string of the molecule is Cc1nnc2ccc(NC(C)c3ccc(SC(C)C)cc3)nn12. The van der Waals surface area contributed by atoms with E-state index in [0.717, 1.165) is 17.3 Å². The van der Waals surface area contributed by atoms with Crippen molar-refractivity contribution in [3.05, 3.63) is 47.8 Å². The molecule has 1 N–H and O–H groups in total. The topological polar surface area (TPSA) is 55.1 Å². The number of hydrogen-bond acceptors (Lipinski definition) is 5. The zero-order valence-electron chi connectivity index (χ0n) is 13.8. The zero-order valence-corrected chi connectivity index (χ0v) is 14.6. The lowest BCUT2D eigenvalue weighted by atomic mass is 10.1. The maximum atomic E-state index is 4.53. The molecule has 2 heterocycles. The number of thioether (sulfide) groups is 1. The smallest absolute Gasteiger partial charge is 0.178 e. The average Bonchev–Trinajstić information content (AvgIpc) is 2.88. The van der Waals surface area contributed by atoms with Crippen molar-refractivity contribution in [2.45, 2.75) is 43.9 Å². The minimum atomic E-state index is 0.176. The number of aromatic nitrogens is 4. The van der Waals surface area contributed by atoms with Gasteiger partial charge in [-0.15, -0.1) is 27.1 Å². The predicted molar refractivity (Wildman–Crippen MR) is 95.0 cm³/mol. The van der Waals surface area contributed by atoms with Crippen molar-refractivity contribution in [1.82, 2.24) is 19.8 Å². The molecule has 3 rings (SSSR count). The fourth-order valence-electron chi connectivity index (χ4n) is 2.39. The van der Waals surface area contributed by atoms with Gasteiger partial charge in [-0.2, -0.15) is 4.52 Å². The van der Waals surface area contributed by atoms with Gasteiger partial charge < -0.3 is 5.32 Å². The second kappa shape index (κ2) is 6.58. The van der Waals surface area contributed by atoms with Crippen LogP contribution in [0.4, 0.5) is 5.82 Å². The van der Waals surface area contributed by atoms with Crippen molar-refractivity contribution in [3.8, 4) is 0 Å². The lowest BCUT2D eigenvalue weighted by molar-refractivity contribution is 0.828. The minimum Gasteiger partial charge on any atom is -0.362 e. The molecule has 2 aromatic heterocycles. The fourth-order valence-corrected chi connectivity index (χ4v) is 3.22. The summed E-state index contributed by atoms with van der Waals surface area (Å²) in [5.41, 5.74) is 2.00. The van der Waals surface area contributed by atoms with Crippen LogP contribution in [0.5, 0.6) is 0 Å². The van der Waals surface area contributed by atoms with Crippen LogP contribution in [0.3, 0.4) is 0 Å². The normalized spacial score (nSPS) is 12.7. The van der Waals surface area contributed by atoms with E-state index in [9.17, 15) is 0 Å². The zero-order chi connectivity index (χ0) is 16.4. The van der Waals surface area contributed by atoms with Crippen molar-refractivity contribution in [3.63, 3.8) is 0 Å². The Kier molecular flexibility index (Phi) is 4.52. The Bertz CT molecular complexity index is 794. The monoisotopic (exact) mass is 327 g/mol. The largest absolute Gasteiger partial charge is 0.362 e. The second-order valence-corrected chi connectivity index (χ2v) is 7.49. The Labute approximate surface area is 140 Å². The van der Waals surface area contributed by atoms with E-state index in [0.29, 0.717) is 5.25 Å². The van der Waals surface area contributed by atoms with Crippen LogP contribution in [0.2, 0.25) is 0 Å². The molecule has 0 aliphatic rings. The Hall–Kier alpha value is -2.08. The van der Waals surface area contributed by atoms with Gasteiger partial charge in [-0.1, -0.05) is 26.0 Å². The van der Waals surface area contributed by atoms with E-state index in [1.165, 1.54) is 10.5 Å². The number of nitrogens with zero attached hydrogens (tertiary/aromatic N) is 4. The highest BCUT2D eigenvalue weighted by Crippen LogP contribution is 2.25. The molecule has 0 saturated heterocycles. The van der Waals surface area contributed by atoms with Gasteiger partial charge in [0, 0.05) is 16.2 Å². The van der Waals surface area contributed by atoms with E-state index in [-0.39, 0.29) is 6.04 Å². The molecular weight excluding hydrogens is 306 g/mol. The molecular formula is C17H21N5S. The van der Waals surface area contributed by atoms with Crippen LogP contribution in [0.15, 0.2) is 41.3 Å². The number of benzene rings is 1. The van der Waals surface area contributed by atoms with Crippen LogP contribution in [0, 0.1) is 6.92 Å². The van der Waals surface area contributed by atoms with Gasteiger partial charge in [0.1, 0.15) is 5.82 Å². The van der Waals surface area contributed by atoms with Gasteiger partial charge in [0.25, 0.3) is 0 Å². The quantitative estimate of drug-likeness (QED) is 0.715. The summed E-state index contributed by atoms with van der Waals surface area (Å²) in [6, 6.07) is 12.7. The molecule has 120 valence electrons. The van der Waals surface area contributed by atoms with Crippen LogP contribution >= 0.6 is 11.8 Å². The van der Waals surface area contributed by atoms with Crippen LogP contribution in [0.1, 0.15) is 38.2 Å². The van der Waals surface area contributed by atoms with Crippen molar-refractivity contribution < 1.29 is 0 Å². The third-order valence-electron chi connectivity index (χ3n) is 3.53. The molecule has 23 heavy (non-hydrogen) atoms. The Morgan fingerprint density at radius 1 is 1.00 bits per heavy atom. The number of anilines is 1. The Morgan fingerprint density at radius 2 is 1.74 bits per heavy atom. The number of aryl methyl sites for hydroxylation is 1. The summed E-state index contributed by atoms with van der Waals surface area (Å²) in [4.78, 5) is 1.30. The van der Waals surface area contributed by atoms with Crippen LogP contribution in [0.25, 0.3) is 5.65 Å². The molecule has 0 aliphatic heterocycles. The van der Waals surface area contributed by atoms with E-state index in [1.54, 1.807) is 4.52 Å². The van der Waals surface area contributed by atoms with E-state index in [4.69, 9.17) is 0 Å². The minimum absolute atomic E-state index is 0.176. The summed E-state index contributed by atoms with van der Waals surface area (Å²) in [6.45, 7) is 8.44. The van der Waals surface area contributed by atoms with Crippen molar-refractivity contribution in [2.75, 3.05) is 5.32 Å². The Balaban J connectivity index is 1.74. The van der Waals surface area contributed by atoms with E-state index in [2.05, 4.69) is 65.6 Å². The molecule has 1 atom stereocenters. The molecule has 0 fully saturated rings. The van der Waals surface area contributed by atoms with E-state index < -0.39 is 0 Å². The summed E-state index contributed by atoms with van der Waals surface area (Å²) < 4.78 is 1.75. The fraction of sp³-hybridized carbons (Fsp3) is 0.353. The summed E-state index contributed by atoms with van der Waals surface area (Å²) in [5, 5.41) is 16.6. The summed E-state index contributed by atoms with van der Waals surface area (Å²) in [7, 11) is 0. The molecule has 0 radical (unpaired) electrons. The molecule has 0 aliphatic carbocycles. The first-order valence-electron chi connectivity index (χ1n) is 7.75. The van der Waals surface area contributed by atoms with Gasteiger partial charge in [-0.3, -0.25) is 0 Å². The van der Waals surface area contributed by atoms with Gasteiger partial charge >= 0.3 is 0 Å². The molecule has 0 amide bonds. The Morgan fingerprint density at radius 3 is 2.43 bits per heavy atom. The first kappa shape index (κ1) is 15.8. The molecule has 5 nitrogen and oxygen atoms in total. The van der Waals surface area contributed by atoms with Crippen LogP contribution < -0.4 is 5.32 Å². The number of rotatable bonds is 5. The number of hydrogen-bond donors (Lipinski definition) is 1. The lowest BCUT2D eigenvalue weighted by Gasteiger charge is -2.15. The van der Waals surface area contributed by atoms with Gasteiger partial charge in [-0.05, 0) is 43.7 Å². The van der Waals surface area contributed by atoms with E-state index >= 15 is 0 Å². The molecule has 6 heteroatoms. The first-order chi connectivity index (χ1) is 11.0. The molecule has 3 aromatic rings. The first-order valence-corrected chi connectivity index (χ1v) is 8.63. The van der Waals surface area contributed by atoms with Gasteiger partial charge in [0.2, 0.25) is 0 Å². The highest BCUT2D eigenvalue weighted by Gasteiger charge is 2.09. The summed E-state index contributed by atoms with van der Waals surface area (Å²) in [6.07, 6.45) is 0. The predicted octanol–water partition coefficient (Wildman–Crippen LogP) is 4.11. The third-order valence-corrected chi connectivity index (χ3v) is 4.55. The highest BCUT2D eigenvalue weighted by atomic mass is 32.2. The second-order valence-electron chi connectivity index (χ2n) is 5.84. The van der Waals surface area contributed by atoms with Crippen LogP contribution in [-0.4, -0.2) is 25.1 Å². The van der Waals surface area contributed by atoms with E-state index in [1.807, 2.05) is 30.8 Å². The van der Waals surface area contributed by atoms with Crippen molar-refractivity contribution in [1.29, 1.82) is 0 Å². The van der Waals surface area contributed by atoms with Gasteiger partial charge in [-0.25, -0.2) is 0 Å². The molecule has 1 unspecified atom stereocenters. The maximum Gasteiger partial charge on any atom is 0.178 e. The summed E-state index contributed by atoms with van der Waals surface area (Å²) >= 11 is 1.88. The molecule has 0 spiro atoms.